The van der Waals surface area contributed by atoms with Crippen LogP contribution in [0, 0.1) is 0 Å². The molecule has 0 spiro atoms. The number of hydrogen-bond acceptors (Lipinski definition) is 3. The van der Waals surface area contributed by atoms with E-state index >= 15 is 0 Å². The molecule has 76 valence electrons. The molecular weight excluding hydrogens is 184 g/mol. The van der Waals surface area contributed by atoms with Gasteiger partial charge in [0, 0.05) is 12.6 Å². The Morgan fingerprint density at radius 1 is 1.29 bits per heavy atom. The van der Waals surface area contributed by atoms with Gasteiger partial charge in [0.2, 0.25) is 0 Å². The predicted molar refractivity (Wildman–Crippen MR) is 52.7 cm³/mol. The number of carboxylic acids is 1. The van der Waals surface area contributed by atoms with Crippen LogP contribution in [-0.2, 0) is 4.79 Å². The van der Waals surface area contributed by atoms with E-state index in [-0.39, 0.29) is 0 Å². The number of primary amides is 1. The maximum atomic E-state index is 10.6. The lowest BCUT2D eigenvalue weighted by Gasteiger charge is -1.97. The van der Waals surface area contributed by atoms with Gasteiger partial charge in [0.05, 0.1) is 5.56 Å². The molecule has 0 aliphatic carbocycles. The van der Waals surface area contributed by atoms with Crippen LogP contribution in [0.1, 0.15) is 17.3 Å². The van der Waals surface area contributed by atoms with E-state index < -0.39 is 11.9 Å². The van der Waals surface area contributed by atoms with Gasteiger partial charge in [-0.25, -0.2) is 0 Å². The van der Waals surface area contributed by atoms with Crippen molar-refractivity contribution in [2.45, 2.75) is 6.92 Å². The first kappa shape index (κ1) is 12.0. The van der Waals surface area contributed by atoms with Crippen molar-refractivity contribution in [1.29, 1.82) is 0 Å². The molecule has 0 aliphatic rings. The van der Waals surface area contributed by atoms with Crippen LogP contribution in [-0.4, -0.2) is 17.0 Å². The van der Waals surface area contributed by atoms with Crippen molar-refractivity contribution < 1.29 is 14.7 Å². The number of aliphatic carboxylic acids is 1. The molecule has 0 fully saturated rings. The minimum absolute atomic E-state index is 0.377. The summed E-state index contributed by atoms with van der Waals surface area (Å²) in [5, 5.41) is 7.42. The van der Waals surface area contributed by atoms with Gasteiger partial charge in [-0.15, -0.1) is 0 Å². The fraction of sp³-hybridized carbons (Fsp3) is 0.111. The molecule has 0 saturated carbocycles. The lowest BCUT2D eigenvalue weighted by atomic mass is 10.2. The summed E-state index contributed by atoms with van der Waals surface area (Å²) >= 11 is 0. The van der Waals surface area contributed by atoms with Crippen LogP contribution in [0.25, 0.3) is 0 Å². The Kier molecular flexibility index (Phi) is 4.77. The topological polar surface area (TPSA) is 106 Å². The molecule has 5 nitrogen and oxygen atoms in total. The summed E-state index contributed by atoms with van der Waals surface area (Å²) in [6.07, 6.45) is 0. The molecule has 0 radical (unpaired) electrons. The second-order valence-electron chi connectivity index (χ2n) is 2.47. The van der Waals surface area contributed by atoms with E-state index in [1.54, 1.807) is 24.3 Å². The number of carbonyl (C=O) groups is 2. The summed E-state index contributed by atoms with van der Waals surface area (Å²) in [5.74, 6) is -1.32. The SMILES string of the molecule is CC(=O)O.NC(=O)c1ccccc1N. The fourth-order valence-corrected chi connectivity index (χ4v) is 0.721. The number of benzene rings is 1. The van der Waals surface area contributed by atoms with E-state index in [0.29, 0.717) is 11.3 Å². The highest BCUT2D eigenvalue weighted by Crippen LogP contribution is 2.08. The summed E-state index contributed by atoms with van der Waals surface area (Å²) in [6, 6.07) is 6.70. The van der Waals surface area contributed by atoms with Gasteiger partial charge >= 0.3 is 0 Å². The minimum Gasteiger partial charge on any atom is -0.481 e. The number of anilines is 1. The number of hydrogen-bond donors (Lipinski definition) is 3. The number of para-hydroxylation sites is 1. The second kappa shape index (κ2) is 5.58. The summed E-state index contributed by atoms with van der Waals surface area (Å²) in [4.78, 5) is 19.6. The van der Waals surface area contributed by atoms with Gasteiger partial charge in [0.25, 0.3) is 11.9 Å². The molecule has 0 atom stereocenters. The van der Waals surface area contributed by atoms with Crippen LogP contribution < -0.4 is 11.5 Å². The van der Waals surface area contributed by atoms with Crippen molar-refractivity contribution in [3.8, 4) is 0 Å². The first-order valence-electron chi connectivity index (χ1n) is 3.79. The van der Waals surface area contributed by atoms with Crippen molar-refractivity contribution in [1.82, 2.24) is 0 Å². The van der Waals surface area contributed by atoms with E-state index in [0.717, 1.165) is 6.92 Å². The largest absolute Gasteiger partial charge is 0.481 e. The Bertz CT molecular complexity index is 333. The van der Waals surface area contributed by atoms with Crippen LogP contribution in [0.5, 0.6) is 0 Å². The molecule has 0 aromatic heterocycles. The molecule has 0 saturated heterocycles. The number of carboxylic acid groups (broad SMARTS) is 1. The number of carbonyl (C=O) groups excluding carboxylic acids is 1. The fourth-order valence-electron chi connectivity index (χ4n) is 0.721. The molecule has 1 aromatic carbocycles. The molecule has 0 heterocycles. The molecule has 0 unspecified atom stereocenters. The zero-order valence-electron chi connectivity index (χ0n) is 7.73. The number of amides is 1. The molecule has 1 amide bonds. The Balaban J connectivity index is 0.000000364. The predicted octanol–water partition coefficient (Wildman–Crippen LogP) is 0.459. The second-order valence-corrected chi connectivity index (χ2v) is 2.47. The lowest BCUT2D eigenvalue weighted by molar-refractivity contribution is -0.134. The summed E-state index contributed by atoms with van der Waals surface area (Å²) in [6.45, 7) is 1.08. The van der Waals surface area contributed by atoms with Gasteiger partial charge in [0.1, 0.15) is 0 Å². The van der Waals surface area contributed by atoms with Crippen LogP contribution in [0.3, 0.4) is 0 Å². The highest BCUT2D eigenvalue weighted by atomic mass is 16.4. The molecule has 5 N–H and O–H groups in total. The molecule has 1 rings (SSSR count). The summed E-state index contributed by atoms with van der Waals surface area (Å²) in [5.41, 5.74) is 11.2. The Morgan fingerprint density at radius 2 is 1.71 bits per heavy atom. The van der Waals surface area contributed by atoms with Crippen molar-refractivity contribution in [2.24, 2.45) is 5.73 Å². The van der Waals surface area contributed by atoms with Crippen LogP contribution >= 0.6 is 0 Å². The standard InChI is InChI=1S/C7H8N2O.C2H4O2/c8-6-4-2-1-3-5(6)7(9)10;1-2(3)4/h1-4H,8H2,(H2,9,10);1H3,(H,3,4). The molecule has 5 heteroatoms. The Morgan fingerprint density at radius 3 is 2.00 bits per heavy atom. The van der Waals surface area contributed by atoms with Crippen molar-refractivity contribution in [2.75, 3.05) is 5.73 Å². The Hall–Kier alpha value is -2.04. The average molecular weight is 196 g/mol. The number of nitrogens with two attached hydrogens (primary N) is 2. The van der Waals surface area contributed by atoms with Gasteiger partial charge in [-0.1, -0.05) is 12.1 Å². The zero-order valence-corrected chi connectivity index (χ0v) is 7.73. The van der Waals surface area contributed by atoms with E-state index in [4.69, 9.17) is 21.4 Å². The third-order valence-electron chi connectivity index (χ3n) is 1.23. The van der Waals surface area contributed by atoms with Crippen LogP contribution in [0.4, 0.5) is 5.69 Å². The summed E-state index contributed by atoms with van der Waals surface area (Å²) < 4.78 is 0. The third-order valence-corrected chi connectivity index (χ3v) is 1.23. The number of nitrogen functional groups attached to an aromatic ring is 1. The van der Waals surface area contributed by atoms with Crippen molar-refractivity contribution in [3.05, 3.63) is 29.8 Å². The van der Waals surface area contributed by atoms with Gasteiger partial charge < -0.3 is 16.6 Å². The van der Waals surface area contributed by atoms with Gasteiger partial charge in [-0.3, -0.25) is 9.59 Å². The van der Waals surface area contributed by atoms with E-state index in [2.05, 4.69) is 0 Å². The maximum absolute atomic E-state index is 10.6. The van der Waals surface area contributed by atoms with E-state index in [1.807, 2.05) is 0 Å². The summed E-state index contributed by atoms with van der Waals surface area (Å²) in [7, 11) is 0. The van der Waals surface area contributed by atoms with Crippen molar-refractivity contribution in [3.63, 3.8) is 0 Å². The van der Waals surface area contributed by atoms with E-state index in [1.165, 1.54) is 0 Å². The van der Waals surface area contributed by atoms with Crippen molar-refractivity contribution >= 4 is 17.6 Å². The van der Waals surface area contributed by atoms with Gasteiger partial charge in [-0.2, -0.15) is 0 Å². The molecule has 14 heavy (non-hydrogen) atoms. The quantitative estimate of drug-likeness (QED) is 0.567. The highest BCUT2D eigenvalue weighted by Gasteiger charge is 2.01. The third kappa shape index (κ3) is 4.76. The lowest BCUT2D eigenvalue weighted by Crippen LogP contribution is -2.12. The first-order chi connectivity index (χ1) is 6.45. The Labute approximate surface area is 81.3 Å². The normalized spacial score (nSPS) is 8.36. The van der Waals surface area contributed by atoms with E-state index in [9.17, 15) is 4.79 Å². The zero-order chi connectivity index (χ0) is 11.1. The van der Waals surface area contributed by atoms with Crippen LogP contribution in [0.2, 0.25) is 0 Å². The monoisotopic (exact) mass is 196 g/mol. The molecule has 0 bridgehead atoms. The van der Waals surface area contributed by atoms with Crippen LogP contribution in [0.15, 0.2) is 24.3 Å². The first-order valence-corrected chi connectivity index (χ1v) is 3.79. The van der Waals surface area contributed by atoms with Gasteiger partial charge in [0.15, 0.2) is 0 Å². The van der Waals surface area contributed by atoms with Gasteiger partial charge in [-0.05, 0) is 12.1 Å². The smallest absolute Gasteiger partial charge is 0.300 e. The molecular formula is C9H12N2O3. The minimum atomic E-state index is -0.833. The average Bonchev–Trinajstić information content (AvgIpc) is 2.03. The molecule has 1 aromatic rings. The highest BCUT2D eigenvalue weighted by molar-refractivity contribution is 5.97. The maximum Gasteiger partial charge on any atom is 0.300 e. The number of rotatable bonds is 1. The molecule has 0 aliphatic heterocycles.